The summed E-state index contributed by atoms with van der Waals surface area (Å²) < 4.78 is 45.8. The normalized spacial score (nSPS) is 25.0. The molecule has 3 amide bonds. The molecule has 4 atom stereocenters. The second kappa shape index (κ2) is 10.9. The molecule has 0 bridgehead atoms. The van der Waals surface area contributed by atoms with Gasteiger partial charge in [-0.1, -0.05) is 0 Å². The van der Waals surface area contributed by atoms with E-state index in [1.54, 1.807) is 34.6 Å². The number of carbonyl (C=O) groups is 3. The van der Waals surface area contributed by atoms with Crippen molar-refractivity contribution in [2.75, 3.05) is 6.54 Å². The summed E-state index contributed by atoms with van der Waals surface area (Å²) in [5, 5.41) is 2.75. The van der Waals surface area contributed by atoms with E-state index in [-0.39, 0.29) is 25.3 Å². The molecule has 218 valence electrons. The van der Waals surface area contributed by atoms with Crippen LogP contribution in [0.5, 0.6) is 0 Å². The highest BCUT2D eigenvalue weighted by Crippen LogP contribution is 2.40. The van der Waals surface area contributed by atoms with Crippen molar-refractivity contribution in [3.8, 4) is 0 Å². The summed E-state index contributed by atoms with van der Waals surface area (Å²) in [6, 6.07) is 1.89. The zero-order valence-electron chi connectivity index (χ0n) is 24.3. The third kappa shape index (κ3) is 7.80. The van der Waals surface area contributed by atoms with E-state index in [0.717, 1.165) is 6.07 Å². The number of likely N-dealkylation sites (tertiary alicyclic amines) is 1. The van der Waals surface area contributed by atoms with Gasteiger partial charge in [0.15, 0.2) is 0 Å². The molecule has 2 saturated heterocycles. The van der Waals surface area contributed by atoms with Crippen LogP contribution in [-0.4, -0.2) is 75.6 Å². The van der Waals surface area contributed by atoms with Crippen LogP contribution < -0.4 is 5.32 Å². The quantitative estimate of drug-likeness (QED) is 0.578. The Balaban J connectivity index is 1.98. The third-order valence-corrected chi connectivity index (χ3v) is 6.49. The molecule has 1 aromatic carbocycles. The molecule has 0 radical (unpaired) electrons. The second-order valence-electron chi connectivity index (χ2n) is 12.8. The minimum Gasteiger partial charge on any atom is -0.444 e. The summed E-state index contributed by atoms with van der Waals surface area (Å²) in [6.07, 6.45) is -2.37. The zero-order valence-corrected chi connectivity index (χ0v) is 24.3. The van der Waals surface area contributed by atoms with Crippen LogP contribution >= 0.6 is 0 Å². The van der Waals surface area contributed by atoms with E-state index in [2.05, 4.69) is 5.32 Å². The largest absolute Gasteiger partial charge is 0.444 e. The minimum absolute atomic E-state index is 0.0544. The van der Waals surface area contributed by atoms with Gasteiger partial charge >= 0.3 is 12.2 Å². The van der Waals surface area contributed by atoms with Gasteiger partial charge in [0, 0.05) is 24.9 Å². The maximum atomic E-state index is 14.0. The molecule has 1 aromatic rings. The Hall–Kier alpha value is -2.95. The number of hydrogen-bond donors (Lipinski definition) is 1. The molecule has 9 nitrogen and oxygen atoms in total. The number of amides is 3. The topological polar surface area (TPSA) is 97.4 Å². The van der Waals surface area contributed by atoms with E-state index in [1.165, 1.54) is 28.9 Å². The summed E-state index contributed by atoms with van der Waals surface area (Å²) in [7, 11) is 0. The van der Waals surface area contributed by atoms with Gasteiger partial charge in [0.1, 0.15) is 35.2 Å². The molecule has 2 aliphatic heterocycles. The van der Waals surface area contributed by atoms with Crippen LogP contribution in [-0.2, 0) is 25.4 Å². The van der Waals surface area contributed by atoms with Crippen LogP contribution in [0.25, 0.3) is 0 Å². The number of halogens is 2. The fourth-order valence-corrected chi connectivity index (χ4v) is 5.38. The molecule has 2 fully saturated rings. The Morgan fingerprint density at radius 3 is 2.18 bits per heavy atom. The maximum absolute atomic E-state index is 14.0. The van der Waals surface area contributed by atoms with Crippen molar-refractivity contribution in [1.29, 1.82) is 0 Å². The summed E-state index contributed by atoms with van der Waals surface area (Å²) in [6.45, 7) is 15.6. The fourth-order valence-electron chi connectivity index (χ4n) is 5.38. The minimum atomic E-state index is -1.07. The van der Waals surface area contributed by atoms with E-state index in [4.69, 9.17) is 14.2 Å². The summed E-state index contributed by atoms with van der Waals surface area (Å²) >= 11 is 0. The van der Waals surface area contributed by atoms with Crippen LogP contribution in [0.2, 0.25) is 0 Å². The molecule has 0 aliphatic carbocycles. The van der Waals surface area contributed by atoms with Crippen molar-refractivity contribution in [1.82, 2.24) is 15.1 Å². The Kier molecular flexibility index (Phi) is 8.55. The number of nitrogens with one attached hydrogen (secondary N) is 1. The molecule has 0 spiro atoms. The first-order valence-corrected chi connectivity index (χ1v) is 13.2. The van der Waals surface area contributed by atoms with Gasteiger partial charge in [0.05, 0.1) is 18.6 Å². The van der Waals surface area contributed by atoms with Crippen molar-refractivity contribution in [3.05, 3.63) is 35.4 Å². The first-order valence-electron chi connectivity index (χ1n) is 13.2. The van der Waals surface area contributed by atoms with Gasteiger partial charge in [0.25, 0.3) is 0 Å². The van der Waals surface area contributed by atoms with E-state index in [0.29, 0.717) is 5.56 Å². The van der Waals surface area contributed by atoms with Gasteiger partial charge in [-0.05, 0) is 79.5 Å². The van der Waals surface area contributed by atoms with Crippen molar-refractivity contribution >= 4 is 18.1 Å². The smallest absolute Gasteiger partial charge is 0.410 e. The average Bonchev–Trinajstić information content (AvgIpc) is 3.22. The molecule has 1 N–H and O–H groups in total. The zero-order chi connectivity index (χ0) is 29.5. The molecule has 0 saturated carbocycles. The Morgan fingerprint density at radius 2 is 1.67 bits per heavy atom. The monoisotopic (exact) mass is 553 g/mol. The summed E-state index contributed by atoms with van der Waals surface area (Å²) in [4.78, 5) is 41.7. The number of benzene rings is 1. The van der Waals surface area contributed by atoms with E-state index in [9.17, 15) is 23.2 Å². The average molecular weight is 554 g/mol. The number of hydrogen-bond acceptors (Lipinski definition) is 6. The molecular weight excluding hydrogens is 512 g/mol. The summed E-state index contributed by atoms with van der Waals surface area (Å²) in [5.74, 6) is -1.75. The van der Waals surface area contributed by atoms with Gasteiger partial charge in [-0.15, -0.1) is 0 Å². The Morgan fingerprint density at radius 1 is 1.08 bits per heavy atom. The van der Waals surface area contributed by atoms with Crippen LogP contribution in [0.15, 0.2) is 18.2 Å². The van der Waals surface area contributed by atoms with Crippen molar-refractivity contribution < 1.29 is 37.4 Å². The first-order chi connectivity index (χ1) is 17.8. The maximum Gasteiger partial charge on any atom is 0.410 e. The molecule has 11 heteroatoms. The third-order valence-electron chi connectivity index (χ3n) is 6.49. The van der Waals surface area contributed by atoms with E-state index < -0.39 is 65.0 Å². The number of carbonyl (C=O) groups excluding carboxylic acids is 3. The molecule has 2 heterocycles. The lowest BCUT2D eigenvalue weighted by Gasteiger charge is -2.34. The van der Waals surface area contributed by atoms with Crippen molar-refractivity contribution in [2.24, 2.45) is 0 Å². The van der Waals surface area contributed by atoms with Gasteiger partial charge in [-0.2, -0.15) is 0 Å². The number of rotatable bonds is 4. The van der Waals surface area contributed by atoms with Gasteiger partial charge in [-0.3, -0.25) is 9.69 Å². The predicted molar refractivity (Wildman–Crippen MR) is 140 cm³/mol. The summed E-state index contributed by atoms with van der Waals surface area (Å²) in [5.41, 5.74) is -2.04. The predicted octanol–water partition coefficient (Wildman–Crippen LogP) is 4.76. The molecule has 0 unspecified atom stereocenters. The number of nitrogens with zero attached hydrogens (tertiary/aromatic N) is 2. The Labute approximate surface area is 229 Å². The first kappa shape index (κ1) is 30.6. The SMILES string of the molecule is CC(=O)N1[C@@H](Cc2cc(F)cc(F)c2)[C@@H]([C@H]2C[C@@H](OC(=O)NC(C)(C)C)CN2C(=O)OC(C)(C)C)OC1(C)C. The lowest BCUT2D eigenvalue weighted by atomic mass is 9.94. The number of alkyl carbamates (subject to hydrolysis) is 1. The lowest BCUT2D eigenvalue weighted by molar-refractivity contribution is -0.145. The highest BCUT2D eigenvalue weighted by molar-refractivity contribution is 5.75. The highest BCUT2D eigenvalue weighted by Gasteiger charge is 2.55. The van der Waals surface area contributed by atoms with Crippen molar-refractivity contribution in [3.63, 3.8) is 0 Å². The highest BCUT2D eigenvalue weighted by atomic mass is 19.1. The van der Waals surface area contributed by atoms with Crippen LogP contribution in [0.3, 0.4) is 0 Å². The molecule has 3 rings (SSSR count). The van der Waals surface area contributed by atoms with Gasteiger partial charge < -0.3 is 24.4 Å². The molecule has 39 heavy (non-hydrogen) atoms. The standard InChI is InChI=1S/C28H41F2N3O6/c1-16(34)33-22(12-17-10-18(29)13-19(30)11-17)23(38-28(33,8)9)21-14-20(37-24(35)31-26(2,3)4)15-32(21)25(36)39-27(5,6)7/h10-11,13,20-23H,12,14-15H2,1-9H3,(H,31,35)/t20-,21-,22+,23-/m1/s1. The van der Waals surface area contributed by atoms with Crippen molar-refractivity contribution in [2.45, 2.75) is 116 Å². The van der Waals surface area contributed by atoms with Gasteiger partial charge in [0.2, 0.25) is 5.91 Å². The lowest BCUT2D eigenvalue weighted by Crippen LogP contribution is -2.52. The fraction of sp³-hybridized carbons (Fsp3) is 0.679. The number of ether oxygens (including phenoxy) is 3. The second-order valence-corrected chi connectivity index (χ2v) is 12.8. The van der Waals surface area contributed by atoms with E-state index in [1.807, 2.05) is 20.8 Å². The molecule has 2 aliphatic rings. The molecular formula is C28H41F2N3O6. The van der Waals surface area contributed by atoms with Crippen LogP contribution in [0.1, 0.15) is 74.3 Å². The van der Waals surface area contributed by atoms with Gasteiger partial charge in [-0.25, -0.2) is 18.4 Å². The van der Waals surface area contributed by atoms with E-state index >= 15 is 0 Å². The van der Waals surface area contributed by atoms with Crippen LogP contribution in [0.4, 0.5) is 18.4 Å². The molecule has 0 aromatic heterocycles. The Bertz CT molecular complexity index is 1080. The van der Waals surface area contributed by atoms with Crippen LogP contribution in [0, 0.1) is 11.6 Å².